The van der Waals surface area contributed by atoms with Crippen molar-refractivity contribution in [2.24, 2.45) is 0 Å². The summed E-state index contributed by atoms with van der Waals surface area (Å²) in [7, 11) is 1.63. The molecule has 4 rings (SSSR count). The van der Waals surface area contributed by atoms with E-state index in [0.29, 0.717) is 24.6 Å². The highest BCUT2D eigenvalue weighted by Gasteiger charge is 2.20. The number of benzene rings is 2. The molecule has 3 aromatic rings. The lowest BCUT2D eigenvalue weighted by Crippen LogP contribution is -2.35. The van der Waals surface area contributed by atoms with Gasteiger partial charge in [-0.05, 0) is 36.2 Å². The molecule has 0 unspecified atom stereocenters. The SMILES string of the molecule is COc1ccc(-c2noc(CCC(=O)N3CCCN(Cc4ccccc4)CC3)n2)cc1. The molecule has 0 atom stereocenters. The van der Waals surface area contributed by atoms with Crippen LogP contribution in [0.5, 0.6) is 5.75 Å². The number of rotatable bonds is 7. The number of nitrogens with zero attached hydrogens (tertiary/aromatic N) is 4. The Kier molecular flexibility index (Phi) is 6.94. The Balaban J connectivity index is 1.26. The Labute approximate surface area is 182 Å². The predicted octanol–water partition coefficient (Wildman–Crippen LogP) is 3.41. The fourth-order valence-electron chi connectivity index (χ4n) is 3.81. The van der Waals surface area contributed by atoms with Crippen molar-refractivity contribution in [3.05, 3.63) is 66.1 Å². The van der Waals surface area contributed by atoms with E-state index in [9.17, 15) is 4.79 Å². The van der Waals surface area contributed by atoms with E-state index in [1.54, 1.807) is 7.11 Å². The minimum absolute atomic E-state index is 0.144. The highest BCUT2D eigenvalue weighted by molar-refractivity contribution is 5.76. The second-order valence-corrected chi connectivity index (χ2v) is 7.74. The normalized spacial score (nSPS) is 14.9. The van der Waals surface area contributed by atoms with Gasteiger partial charge in [-0.3, -0.25) is 9.69 Å². The van der Waals surface area contributed by atoms with Crippen molar-refractivity contribution >= 4 is 5.91 Å². The molecule has 1 aliphatic rings. The van der Waals surface area contributed by atoms with Crippen LogP contribution in [0.3, 0.4) is 0 Å². The van der Waals surface area contributed by atoms with E-state index in [4.69, 9.17) is 9.26 Å². The van der Waals surface area contributed by atoms with Gasteiger partial charge in [-0.1, -0.05) is 35.5 Å². The molecular weight excluding hydrogens is 392 g/mol. The van der Waals surface area contributed by atoms with Gasteiger partial charge in [0.15, 0.2) is 0 Å². The third kappa shape index (κ3) is 5.70. The number of carbonyl (C=O) groups excluding carboxylic acids is 1. The Morgan fingerprint density at radius 2 is 1.84 bits per heavy atom. The maximum Gasteiger partial charge on any atom is 0.227 e. The van der Waals surface area contributed by atoms with Gasteiger partial charge in [0.25, 0.3) is 0 Å². The highest BCUT2D eigenvalue weighted by atomic mass is 16.5. The molecule has 1 aromatic heterocycles. The lowest BCUT2D eigenvalue weighted by Gasteiger charge is -2.22. The standard InChI is InChI=1S/C24H28N4O3/c1-30-21-10-8-20(9-11-21)24-25-22(31-26-24)12-13-23(29)28-15-5-14-27(16-17-28)18-19-6-3-2-4-7-19/h2-4,6-11H,5,12-18H2,1H3. The maximum atomic E-state index is 12.7. The summed E-state index contributed by atoms with van der Waals surface area (Å²) >= 11 is 0. The van der Waals surface area contributed by atoms with Gasteiger partial charge in [-0.25, -0.2) is 0 Å². The van der Waals surface area contributed by atoms with E-state index in [0.717, 1.165) is 50.5 Å². The second-order valence-electron chi connectivity index (χ2n) is 7.74. The van der Waals surface area contributed by atoms with Crippen molar-refractivity contribution in [1.82, 2.24) is 19.9 Å². The molecule has 7 nitrogen and oxygen atoms in total. The van der Waals surface area contributed by atoms with Gasteiger partial charge in [0, 0.05) is 51.1 Å². The number of methoxy groups -OCH3 is 1. The lowest BCUT2D eigenvalue weighted by molar-refractivity contribution is -0.131. The number of ether oxygens (including phenoxy) is 1. The van der Waals surface area contributed by atoms with Crippen LogP contribution in [0.25, 0.3) is 11.4 Å². The summed E-state index contributed by atoms with van der Waals surface area (Å²) in [5.74, 6) is 1.93. The third-order valence-corrected chi connectivity index (χ3v) is 5.56. The van der Waals surface area contributed by atoms with E-state index >= 15 is 0 Å². The number of aryl methyl sites for hydroxylation is 1. The second kappa shape index (κ2) is 10.2. The fourth-order valence-corrected chi connectivity index (χ4v) is 3.81. The van der Waals surface area contributed by atoms with Crippen molar-refractivity contribution < 1.29 is 14.1 Å². The Bertz CT molecular complexity index is 972. The molecule has 162 valence electrons. The summed E-state index contributed by atoms with van der Waals surface area (Å²) in [5, 5.41) is 4.04. The summed E-state index contributed by atoms with van der Waals surface area (Å²) in [6, 6.07) is 18.0. The highest BCUT2D eigenvalue weighted by Crippen LogP contribution is 2.20. The smallest absolute Gasteiger partial charge is 0.227 e. The minimum Gasteiger partial charge on any atom is -0.497 e. The van der Waals surface area contributed by atoms with Crippen LogP contribution in [0.15, 0.2) is 59.1 Å². The average molecular weight is 421 g/mol. The van der Waals surface area contributed by atoms with Crippen molar-refractivity contribution in [3.8, 4) is 17.1 Å². The van der Waals surface area contributed by atoms with Gasteiger partial charge in [0.1, 0.15) is 5.75 Å². The molecule has 2 heterocycles. The van der Waals surface area contributed by atoms with Crippen LogP contribution in [-0.4, -0.2) is 59.1 Å². The van der Waals surface area contributed by atoms with Crippen molar-refractivity contribution in [1.29, 1.82) is 0 Å². The molecule has 7 heteroatoms. The van der Waals surface area contributed by atoms with Crippen LogP contribution in [-0.2, 0) is 17.8 Å². The number of hydrogen-bond acceptors (Lipinski definition) is 6. The summed E-state index contributed by atoms with van der Waals surface area (Å²) < 4.78 is 10.5. The number of aromatic nitrogens is 2. The van der Waals surface area contributed by atoms with Crippen LogP contribution in [0.4, 0.5) is 0 Å². The molecule has 0 aliphatic carbocycles. The van der Waals surface area contributed by atoms with E-state index < -0.39 is 0 Å². The first-order valence-electron chi connectivity index (χ1n) is 10.7. The van der Waals surface area contributed by atoms with Crippen LogP contribution in [0, 0.1) is 0 Å². The van der Waals surface area contributed by atoms with E-state index in [-0.39, 0.29) is 5.91 Å². The number of carbonyl (C=O) groups is 1. The average Bonchev–Trinajstić information content (AvgIpc) is 3.17. The molecule has 1 fully saturated rings. The molecule has 0 spiro atoms. The summed E-state index contributed by atoms with van der Waals surface area (Å²) in [6.45, 7) is 4.38. The summed E-state index contributed by atoms with van der Waals surface area (Å²) in [6.07, 6.45) is 1.82. The molecule has 0 radical (unpaired) electrons. The predicted molar refractivity (Wildman–Crippen MR) is 118 cm³/mol. The van der Waals surface area contributed by atoms with Gasteiger partial charge in [-0.2, -0.15) is 4.98 Å². The monoisotopic (exact) mass is 420 g/mol. The van der Waals surface area contributed by atoms with Gasteiger partial charge >= 0.3 is 0 Å². The van der Waals surface area contributed by atoms with E-state index in [2.05, 4.69) is 39.3 Å². The number of amides is 1. The van der Waals surface area contributed by atoms with Crippen LogP contribution >= 0.6 is 0 Å². The van der Waals surface area contributed by atoms with Gasteiger partial charge < -0.3 is 14.2 Å². The molecule has 2 aromatic carbocycles. The molecule has 1 amide bonds. The zero-order valence-corrected chi connectivity index (χ0v) is 17.9. The Morgan fingerprint density at radius 1 is 1.03 bits per heavy atom. The molecule has 31 heavy (non-hydrogen) atoms. The first kappa shape index (κ1) is 21.1. The topological polar surface area (TPSA) is 71.7 Å². The van der Waals surface area contributed by atoms with Crippen LogP contribution < -0.4 is 4.74 Å². The Morgan fingerprint density at radius 3 is 2.61 bits per heavy atom. The fraction of sp³-hybridized carbons (Fsp3) is 0.375. The van der Waals surface area contributed by atoms with Gasteiger partial charge in [-0.15, -0.1) is 0 Å². The molecule has 1 aliphatic heterocycles. The minimum atomic E-state index is 0.144. The molecule has 0 bridgehead atoms. The molecule has 0 N–H and O–H groups in total. The Hall–Kier alpha value is -3.19. The summed E-state index contributed by atoms with van der Waals surface area (Å²) in [5.41, 5.74) is 2.17. The molecular formula is C24H28N4O3. The number of hydrogen-bond donors (Lipinski definition) is 0. The zero-order chi connectivity index (χ0) is 21.5. The van der Waals surface area contributed by atoms with Crippen LogP contribution in [0.2, 0.25) is 0 Å². The van der Waals surface area contributed by atoms with Gasteiger partial charge in [0.05, 0.1) is 7.11 Å². The molecule has 0 saturated carbocycles. The van der Waals surface area contributed by atoms with E-state index in [1.165, 1.54) is 5.56 Å². The van der Waals surface area contributed by atoms with Crippen molar-refractivity contribution in [3.63, 3.8) is 0 Å². The van der Waals surface area contributed by atoms with Gasteiger partial charge in [0.2, 0.25) is 17.6 Å². The quantitative estimate of drug-likeness (QED) is 0.583. The third-order valence-electron chi connectivity index (χ3n) is 5.56. The van der Waals surface area contributed by atoms with Crippen molar-refractivity contribution in [2.45, 2.75) is 25.8 Å². The van der Waals surface area contributed by atoms with E-state index in [1.807, 2.05) is 35.2 Å². The lowest BCUT2D eigenvalue weighted by atomic mass is 10.2. The van der Waals surface area contributed by atoms with Crippen molar-refractivity contribution in [2.75, 3.05) is 33.3 Å². The zero-order valence-electron chi connectivity index (χ0n) is 17.9. The summed E-state index contributed by atoms with van der Waals surface area (Å²) in [4.78, 5) is 21.6. The largest absolute Gasteiger partial charge is 0.497 e. The maximum absolute atomic E-state index is 12.7. The first-order chi connectivity index (χ1) is 15.2. The first-order valence-corrected chi connectivity index (χ1v) is 10.7. The molecule has 1 saturated heterocycles. The van der Waals surface area contributed by atoms with Crippen LogP contribution in [0.1, 0.15) is 24.3 Å².